The SMILES string of the molecule is CC.CC.N=C(N)CC1(c2cc(Cl)ccc2Cl)CCCC1. The van der Waals surface area contributed by atoms with Crippen LogP contribution in [0.2, 0.25) is 10.0 Å². The number of halogens is 2. The monoisotopic (exact) mass is 330 g/mol. The van der Waals surface area contributed by atoms with Crippen molar-refractivity contribution in [3.63, 3.8) is 0 Å². The van der Waals surface area contributed by atoms with Crippen molar-refractivity contribution in [3.05, 3.63) is 33.8 Å². The summed E-state index contributed by atoms with van der Waals surface area (Å²) in [5.41, 5.74) is 6.57. The summed E-state index contributed by atoms with van der Waals surface area (Å²) in [6.45, 7) is 8.00. The Balaban J connectivity index is 0.000000921. The van der Waals surface area contributed by atoms with Crippen molar-refractivity contribution in [2.75, 3.05) is 0 Å². The fourth-order valence-corrected chi connectivity index (χ4v) is 3.35. The number of benzene rings is 1. The maximum Gasteiger partial charge on any atom is 0.0914 e. The molecule has 0 unspecified atom stereocenters. The summed E-state index contributed by atoms with van der Waals surface area (Å²) in [4.78, 5) is 0. The molecule has 0 aliphatic heterocycles. The molecular weight excluding hydrogens is 303 g/mol. The van der Waals surface area contributed by atoms with Gasteiger partial charge in [0.15, 0.2) is 0 Å². The number of nitrogens with one attached hydrogen (secondary N) is 1. The smallest absolute Gasteiger partial charge is 0.0914 e. The predicted octanol–water partition coefficient (Wildman–Crippen LogP) is 6.18. The molecule has 0 saturated heterocycles. The van der Waals surface area contributed by atoms with Crippen LogP contribution in [0.25, 0.3) is 0 Å². The molecule has 1 aliphatic carbocycles. The van der Waals surface area contributed by atoms with Gasteiger partial charge in [0, 0.05) is 21.9 Å². The first-order valence-electron chi connectivity index (χ1n) is 7.82. The second-order valence-corrected chi connectivity index (χ2v) is 5.66. The summed E-state index contributed by atoms with van der Waals surface area (Å²) >= 11 is 12.3. The number of nitrogens with two attached hydrogens (primary N) is 1. The predicted molar refractivity (Wildman–Crippen MR) is 95.8 cm³/mol. The van der Waals surface area contributed by atoms with Gasteiger partial charge in [0.2, 0.25) is 0 Å². The van der Waals surface area contributed by atoms with E-state index in [-0.39, 0.29) is 11.3 Å². The topological polar surface area (TPSA) is 49.9 Å². The van der Waals surface area contributed by atoms with Crippen molar-refractivity contribution < 1.29 is 0 Å². The molecule has 0 heterocycles. The first-order valence-corrected chi connectivity index (χ1v) is 8.57. The summed E-state index contributed by atoms with van der Waals surface area (Å²) in [7, 11) is 0. The lowest BCUT2D eigenvalue weighted by atomic mass is 9.76. The molecule has 2 nitrogen and oxygen atoms in total. The Kier molecular flexibility index (Phi) is 9.72. The van der Waals surface area contributed by atoms with Gasteiger partial charge in [-0.25, -0.2) is 0 Å². The third-order valence-electron chi connectivity index (χ3n) is 3.59. The average molecular weight is 331 g/mol. The van der Waals surface area contributed by atoms with Crippen molar-refractivity contribution in [3.8, 4) is 0 Å². The van der Waals surface area contributed by atoms with Crippen LogP contribution in [0.1, 0.15) is 65.4 Å². The largest absolute Gasteiger partial charge is 0.388 e. The molecule has 1 aromatic carbocycles. The highest BCUT2D eigenvalue weighted by Crippen LogP contribution is 2.46. The second kappa shape index (κ2) is 10.1. The normalized spacial score (nSPS) is 15.3. The van der Waals surface area contributed by atoms with Crippen LogP contribution >= 0.6 is 23.2 Å². The van der Waals surface area contributed by atoms with Gasteiger partial charge in [-0.2, -0.15) is 0 Å². The minimum Gasteiger partial charge on any atom is -0.388 e. The standard InChI is InChI=1S/C13H16Cl2N2.2C2H6/c14-9-3-4-11(15)10(7-9)13(8-12(16)17)5-1-2-6-13;2*1-2/h3-4,7H,1-2,5-6,8H2,(H3,16,17);2*1-2H3. The number of hydrogen-bond donors (Lipinski definition) is 2. The van der Waals surface area contributed by atoms with Crippen molar-refractivity contribution in [2.45, 2.75) is 65.2 Å². The number of hydrogen-bond acceptors (Lipinski definition) is 1. The van der Waals surface area contributed by atoms with Crippen molar-refractivity contribution in [2.24, 2.45) is 5.73 Å². The Hall–Kier alpha value is -0.730. The van der Waals surface area contributed by atoms with Crippen LogP contribution in [0.3, 0.4) is 0 Å². The summed E-state index contributed by atoms with van der Waals surface area (Å²) in [5.74, 6) is 0.225. The Morgan fingerprint density at radius 2 is 1.67 bits per heavy atom. The number of rotatable bonds is 3. The van der Waals surface area contributed by atoms with Crippen LogP contribution in [-0.2, 0) is 5.41 Å². The molecule has 3 N–H and O–H groups in total. The van der Waals surface area contributed by atoms with Crippen molar-refractivity contribution >= 4 is 29.0 Å². The summed E-state index contributed by atoms with van der Waals surface area (Å²) < 4.78 is 0. The van der Waals surface area contributed by atoms with E-state index in [2.05, 4.69) is 0 Å². The van der Waals surface area contributed by atoms with E-state index in [1.54, 1.807) is 6.07 Å². The second-order valence-electron chi connectivity index (χ2n) is 4.81. The first kappa shape index (κ1) is 20.3. The summed E-state index contributed by atoms with van der Waals surface area (Å²) in [5, 5.41) is 8.99. The molecule has 0 bridgehead atoms. The van der Waals surface area contributed by atoms with E-state index in [0.717, 1.165) is 36.3 Å². The molecule has 0 amide bonds. The molecule has 1 fully saturated rings. The Labute approximate surface area is 139 Å². The van der Waals surface area contributed by atoms with E-state index in [1.165, 1.54) is 0 Å². The minimum atomic E-state index is -0.0756. The van der Waals surface area contributed by atoms with E-state index in [0.29, 0.717) is 11.4 Å². The van der Waals surface area contributed by atoms with E-state index in [9.17, 15) is 0 Å². The first-order chi connectivity index (χ1) is 10.0. The Bertz CT molecular complexity index is 438. The molecule has 0 atom stereocenters. The van der Waals surface area contributed by atoms with Gasteiger partial charge in [-0.3, -0.25) is 5.41 Å². The fourth-order valence-electron chi connectivity index (χ4n) is 2.86. The molecule has 0 radical (unpaired) electrons. The molecule has 1 saturated carbocycles. The highest BCUT2D eigenvalue weighted by Gasteiger charge is 2.37. The van der Waals surface area contributed by atoms with E-state index in [4.69, 9.17) is 34.3 Å². The lowest BCUT2D eigenvalue weighted by molar-refractivity contribution is 0.457. The zero-order valence-electron chi connectivity index (χ0n) is 13.6. The Morgan fingerprint density at radius 3 is 2.14 bits per heavy atom. The third kappa shape index (κ3) is 5.52. The highest BCUT2D eigenvalue weighted by molar-refractivity contribution is 6.33. The Morgan fingerprint density at radius 1 is 1.14 bits per heavy atom. The summed E-state index contributed by atoms with van der Waals surface area (Å²) in [6.07, 6.45) is 4.97. The van der Waals surface area contributed by atoms with Crippen molar-refractivity contribution in [1.82, 2.24) is 0 Å². The molecule has 2 rings (SSSR count). The maximum atomic E-state index is 7.56. The van der Waals surface area contributed by atoms with E-state index < -0.39 is 0 Å². The quantitative estimate of drug-likeness (QED) is 0.504. The van der Waals surface area contributed by atoms with Gasteiger partial charge >= 0.3 is 0 Å². The lowest BCUT2D eigenvalue weighted by Crippen LogP contribution is -2.29. The minimum absolute atomic E-state index is 0.0756. The molecule has 0 spiro atoms. The zero-order chi connectivity index (χ0) is 16.5. The van der Waals surface area contributed by atoms with Crippen LogP contribution in [0.15, 0.2) is 18.2 Å². The van der Waals surface area contributed by atoms with Crippen LogP contribution < -0.4 is 5.73 Å². The van der Waals surface area contributed by atoms with Gasteiger partial charge in [0.25, 0.3) is 0 Å². The van der Waals surface area contributed by atoms with Gasteiger partial charge < -0.3 is 5.73 Å². The van der Waals surface area contributed by atoms with Crippen LogP contribution in [0.5, 0.6) is 0 Å². The molecule has 21 heavy (non-hydrogen) atoms. The van der Waals surface area contributed by atoms with E-state index >= 15 is 0 Å². The highest BCUT2D eigenvalue weighted by atomic mass is 35.5. The third-order valence-corrected chi connectivity index (χ3v) is 4.15. The van der Waals surface area contributed by atoms with Crippen LogP contribution in [0, 0.1) is 5.41 Å². The van der Waals surface area contributed by atoms with Gasteiger partial charge in [-0.05, 0) is 36.6 Å². The van der Waals surface area contributed by atoms with Gasteiger partial charge in [-0.15, -0.1) is 0 Å². The summed E-state index contributed by atoms with van der Waals surface area (Å²) in [6, 6.07) is 5.56. The zero-order valence-corrected chi connectivity index (χ0v) is 15.1. The van der Waals surface area contributed by atoms with E-state index in [1.807, 2.05) is 39.8 Å². The molecule has 1 aliphatic rings. The van der Waals surface area contributed by atoms with Crippen LogP contribution in [0.4, 0.5) is 0 Å². The maximum absolute atomic E-state index is 7.56. The van der Waals surface area contributed by atoms with Gasteiger partial charge in [0.05, 0.1) is 5.84 Å². The molecule has 4 heteroatoms. The molecular formula is C17H28Cl2N2. The van der Waals surface area contributed by atoms with Gasteiger partial charge in [0.1, 0.15) is 0 Å². The lowest BCUT2D eigenvalue weighted by Gasteiger charge is -2.30. The number of amidine groups is 1. The van der Waals surface area contributed by atoms with Crippen LogP contribution in [-0.4, -0.2) is 5.84 Å². The molecule has 1 aromatic rings. The average Bonchev–Trinajstić information content (AvgIpc) is 2.94. The van der Waals surface area contributed by atoms with Gasteiger partial charge in [-0.1, -0.05) is 63.7 Å². The molecule has 0 aromatic heterocycles. The molecule has 120 valence electrons. The van der Waals surface area contributed by atoms with Crippen molar-refractivity contribution in [1.29, 1.82) is 5.41 Å². The fraction of sp³-hybridized carbons (Fsp3) is 0.588.